The van der Waals surface area contributed by atoms with Crippen LogP contribution >= 0.6 is 0 Å². The number of rotatable bonds is 8. The number of piperidine rings is 1. The predicted molar refractivity (Wildman–Crippen MR) is 153 cm³/mol. The van der Waals surface area contributed by atoms with Crippen molar-refractivity contribution in [3.63, 3.8) is 0 Å². The third kappa shape index (κ3) is 4.93. The highest BCUT2D eigenvalue weighted by atomic mass is 19.1. The van der Waals surface area contributed by atoms with E-state index in [1.54, 1.807) is 0 Å². The molecule has 0 saturated carbocycles. The molecular formula is C31H35FN6O2. The highest BCUT2D eigenvalue weighted by Gasteiger charge is 2.28. The van der Waals surface area contributed by atoms with Gasteiger partial charge in [0.05, 0.1) is 10.9 Å². The molecule has 6 rings (SSSR count). The minimum Gasteiger partial charge on any atom is -0.356 e. The van der Waals surface area contributed by atoms with E-state index in [0.717, 1.165) is 92.8 Å². The average molecular weight is 543 g/mol. The molecule has 4 aromatic rings. The number of carbonyl (C=O) groups is 1. The summed E-state index contributed by atoms with van der Waals surface area (Å²) in [5.41, 5.74) is 4.50. The number of nitrogens with zero attached hydrogens (tertiary/aromatic N) is 6. The number of amides is 1. The lowest BCUT2D eigenvalue weighted by molar-refractivity contribution is -0.117. The normalized spacial score (nSPS) is 16.4. The monoisotopic (exact) mass is 542 g/mol. The van der Waals surface area contributed by atoms with E-state index < -0.39 is 0 Å². The quantitative estimate of drug-likeness (QED) is 0.261. The summed E-state index contributed by atoms with van der Waals surface area (Å²) in [5.74, 6) is 2.17. The van der Waals surface area contributed by atoms with Crippen LogP contribution in [0.5, 0.6) is 0 Å². The summed E-state index contributed by atoms with van der Waals surface area (Å²) in [6, 6.07) is 9.45. The fraction of sp³-hybridized carbons (Fsp3) is 0.452. The van der Waals surface area contributed by atoms with Gasteiger partial charge < -0.3 is 14.3 Å². The molecule has 2 aromatic carbocycles. The van der Waals surface area contributed by atoms with Crippen molar-refractivity contribution in [1.82, 2.24) is 20.1 Å². The predicted octanol–water partition coefficient (Wildman–Crippen LogP) is 6.23. The van der Waals surface area contributed by atoms with Crippen LogP contribution < -0.4 is 9.80 Å². The number of aryl methyl sites for hydroxylation is 2. The van der Waals surface area contributed by atoms with Crippen molar-refractivity contribution in [2.75, 3.05) is 29.4 Å². The summed E-state index contributed by atoms with van der Waals surface area (Å²) in [6.45, 7) is 6.44. The number of hydrogen-bond acceptors (Lipinski definition) is 7. The highest BCUT2D eigenvalue weighted by molar-refractivity contribution is 6.01. The Morgan fingerprint density at radius 3 is 2.62 bits per heavy atom. The number of halogens is 1. The summed E-state index contributed by atoms with van der Waals surface area (Å²) in [4.78, 5) is 30.1. The van der Waals surface area contributed by atoms with Crippen LogP contribution in [0.25, 0.3) is 22.0 Å². The minimum absolute atomic E-state index is 0.166. The maximum atomic E-state index is 15.5. The third-order valence-electron chi connectivity index (χ3n) is 8.25. The van der Waals surface area contributed by atoms with E-state index in [1.807, 2.05) is 23.1 Å². The van der Waals surface area contributed by atoms with E-state index >= 15 is 4.39 Å². The van der Waals surface area contributed by atoms with Crippen LogP contribution in [-0.4, -0.2) is 45.7 Å². The zero-order valence-electron chi connectivity index (χ0n) is 23.2. The van der Waals surface area contributed by atoms with Crippen molar-refractivity contribution < 1.29 is 13.7 Å². The van der Waals surface area contributed by atoms with Gasteiger partial charge in [0.1, 0.15) is 18.0 Å². The smallest absolute Gasteiger partial charge is 0.227 e. The standard InChI is InChI=1S/C31H35FN6O2/c1-3-5-7-26-35-30(36-40-26)21-13-16-37(17-14-21)31-28-25(32)12-11-24(29(28)33-19-34-31)23-10-9-22(18-20(23)4-2)38-15-6-8-27(38)39/h9-12,18-19,21H,3-8,13-17H2,1-2H3. The summed E-state index contributed by atoms with van der Waals surface area (Å²) in [5, 5.41) is 4.68. The van der Waals surface area contributed by atoms with Gasteiger partial charge in [-0.2, -0.15) is 4.98 Å². The van der Waals surface area contributed by atoms with Gasteiger partial charge in [0.15, 0.2) is 5.82 Å². The Balaban J connectivity index is 1.28. The molecule has 40 heavy (non-hydrogen) atoms. The number of aromatic nitrogens is 4. The molecule has 2 aromatic heterocycles. The lowest BCUT2D eigenvalue weighted by Gasteiger charge is -2.32. The molecule has 1 amide bonds. The van der Waals surface area contributed by atoms with Crippen LogP contribution in [0.2, 0.25) is 0 Å². The molecule has 2 saturated heterocycles. The lowest BCUT2D eigenvalue weighted by atomic mass is 9.94. The molecule has 9 heteroatoms. The summed E-state index contributed by atoms with van der Waals surface area (Å²) >= 11 is 0. The average Bonchev–Trinajstić information content (AvgIpc) is 3.65. The Bertz CT molecular complexity index is 1530. The second-order valence-electron chi connectivity index (χ2n) is 10.8. The maximum absolute atomic E-state index is 15.5. The van der Waals surface area contributed by atoms with E-state index in [-0.39, 0.29) is 17.6 Å². The van der Waals surface area contributed by atoms with Gasteiger partial charge in [0.2, 0.25) is 11.8 Å². The fourth-order valence-electron chi connectivity index (χ4n) is 6.01. The van der Waals surface area contributed by atoms with Gasteiger partial charge in [0.25, 0.3) is 0 Å². The maximum Gasteiger partial charge on any atom is 0.227 e. The first kappa shape index (κ1) is 26.3. The van der Waals surface area contributed by atoms with Crippen molar-refractivity contribution in [1.29, 1.82) is 0 Å². The van der Waals surface area contributed by atoms with Gasteiger partial charge in [-0.3, -0.25) is 4.79 Å². The first-order valence-corrected chi connectivity index (χ1v) is 14.5. The highest BCUT2D eigenvalue weighted by Crippen LogP contribution is 2.38. The zero-order valence-corrected chi connectivity index (χ0v) is 23.2. The Kier molecular flexibility index (Phi) is 7.45. The Labute approximate surface area is 233 Å². The number of fused-ring (bicyclic) bond motifs is 1. The number of carbonyl (C=O) groups excluding carboxylic acids is 1. The summed E-state index contributed by atoms with van der Waals surface area (Å²) < 4.78 is 20.9. The zero-order chi connectivity index (χ0) is 27.6. The Hall–Kier alpha value is -3.88. The number of hydrogen-bond donors (Lipinski definition) is 0. The molecule has 8 nitrogen and oxygen atoms in total. The fourth-order valence-corrected chi connectivity index (χ4v) is 6.01. The molecule has 0 radical (unpaired) electrons. The first-order chi connectivity index (χ1) is 19.6. The van der Waals surface area contributed by atoms with Gasteiger partial charge in [-0.1, -0.05) is 31.5 Å². The van der Waals surface area contributed by atoms with Gasteiger partial charge >= 0.3 is 0 Å². The molecule has 0 N–H and O–H groups in total. The van der Waals surface area contributed by atoms with Crippen LogP contribution in [0.1, 0.15) is 75.6 Å². The largest absolute Gasteiger partial charge is 0.356 e. The van der Waals surface area contributed by atoms with Gasteiger partial charge in [-0.25, -0.2) is 14.4 Å². The molecule has 2 fully saturated rings. The van der Waals surface area contributed by atoms with E-state index in [4.69, 9.17) is 4.52 Å². The number of benzene rings is 2. The van der Waals surface area contributed by atoms with E-state index in [0.29, 0.717) is 29.0 Å². The van der Waals surface area contributed by atoms with Gasteiger partial charge in [-0.15, -0.1) is 0 Å². The van der Waals surface area contributed by atoms with E-state index in [1.165, 1.54) is 12.4 Å². The molecule has 2 aliphatic rings. The Morgan fingerprint density at radius 1 is 1.05 bits per heavy atom. The summed E-state index contributed by atoms with van der Waals surface area (Å²) in [6.07, 6.45) is 8.43. The lowest BCUT2D eigenvalue weighted by Crippen LogP contribution is -2.34. The van der Waals surface area contributed by atoms with E-state index in [2.05, 4.69) is 44.9 Å². The second kappa shape index (κ2) is 11.3. The van der Waals surface area contributed by atoms with Crippen LogP contribution in [0.3, 0.4) is 0 Å². The van der Waals surface area contributed by atoms with E-state index in [9.17, 15) is 4.79 Å². The van der Waals surface area contributed by atoms with Crippen LogP contribution in [0.4, 0.5) is 15.9 Å². The van der Waals surface area contributed by atoms with Crippen molar-refractivity contribution in [2.24, 2.45) is 0 Å². The molecule has 0 unspecified atom stereocenters. The molecule has 0 aliphatic carbocycles. The van der Waals surface area contributed by atoms with Crippen molar-refractivity contribution in [2.45, 2.75) is 71.1 Å². The molecule has 0 atom stereocenters. The second-order valence-corrected chi connectivity index (χ2v) is 10.8. The third-order valence-corrected chi connectivity index (χ3v) is 8.25. The minimum atomic E-state index is -0.326. The molecule has 2 aliphatic heterocycles. The molecule has 0 bridgehead atoms. The SMILES string of the molecule is CCCCc1nc(C2CCN(c3ncnc4c(-c5ccc(N6CCCC6=O)cc5CC)ccc(F)c34)CC2)no1. The topological polar surface area (TPSA) is 88.3 Å². The van der Waals surface area contributed by atoms with Crippen LogP contribution in [0, 0.1) is 5.82 Å². The van der Waals surface area contributed by atoms with Gasteiger partial charge in [0, 0.05) is 49.6 Å². The van der Waals surface area contributed by atoms with Crippen LogP contribution in [-0.2, 0) is 17.6 Å². The number of unbranched alkanes of at least 4 members (excludes halogenated alkanes) is 1. The number of anilines is 2. The Morgan fingerprint density at radius 2 is 1.88 bits per heavy atom. The molecule has 208 valence electrons. The van der Waals surface area contributed by atoms with Crippen LogP contribution in [0.15, 0.2) is 41.2 Å². The first-order valence-electron chi connectivity index (χ1n) is 14.5. The molecule has 4 heterocycles. The van der Waals surface area contributed by atoms with Gasteiger partial charge in [-0.05, 0) is 67.5 Å². The van der Waals surface area contributed by atoms with Crippen molar-refractivity contribution in [3.8, 4) is 11.1 Å². The van der Waals surface area contributed by atoms with Crippen molar-refractivity contribution in [3.05, 3.63) is 59.8 Å². The summed E-state index contributed by atoms with van der Waals surface area (Å²) in [7, 11) is 0. The molecular weight excluding hydrogens is 507 g/mol. The van der Waals surface area contributed by atoms with Crippen molar-refractivity contribution >= 4 is 28.3 Å². The molecule has 0 spiro atoms.